The Morgan fingerprint density at radius 1 is 1.05 bits per heavy atom. The van der Waals surface area contributed by atoms with Crippen LogP contribution in [0.1, 0.15) is 20.9 Å². The van der Waals surface area contributed by atoms with Crippen LogP contribution in [0, 0.1) is 0 Å². The molecule has 0 atom stereocenters. The lowest BCUT2D eigenvalue weighted by atomic mass is 10.2. The molecule has 2 amide bonds. The van der Waals surface area contributed by atoms with Gasteiger partial charge in [0.05, 0.1) is 5.56 Å². The van der Waals surface area contributed by atoms with Gasteiger partial charge in [0, 0.05) is 18.0 Å². The summed E-state index contributed by atoms with van der Waals surface area (Å²) in [7, 11) is 0. The molecule has 0 saturated carbocycles. The van der Waals surface area contributed by atoms with E-state index in [1.54, 1.807) is 36.4 Å². The van der Waals surface area contributed by atoms with E-state index in [4.69, 9.17) is 4.42 Å². The van der Waals surface area contributed by atoms with Gasteiger partial charge in [0.15, 0.2) is 10.4 Å². The number of hydrogen-bond acceptors (Lipinski definition) is 4. The van der Waals surface area contributed by atoms with Crippen LogP contribution < -0.4 is 10.6 Å². The quantitative estimate of drug-likeness (QED) is 0.560. The maximum atomic E-state index is 11.9. The zero-order valence-corrected chi connectivity index (χ0v) is 13.4. The molecule has 0 unspecified atom stereocenters. The molecule has 2 N–H and O–H groups in total. The second-order valence-electron chi connectivity index (χ2n) is 4.13. The van der Waals surface area contributed by atoms with Crippen LogP contribution in [-0.4, -0.2) is 24.9 Å². The fourth-order valence-corrected chi connectivity index (χ4v) is 2.21. The Morgan fingerprint density at radius 2 is 1.71 bits per heavy atom. The van der Waals surface area contributed by atoms with Gasteiger partial charge in [0.2, 0.25) is 0 Å². The molecular weight excluding hydrogens is 356 g/mol. The molecule has 0 spiro atoms. The largest absolute Gasteiger partial charge is 0.444 e. The van der Waals surface area contributed by atoms with E-state index in [1.807, 2.05) is 0 Å². The van der Waals surface area contributed by atoms with Crippen molar-refractivity contribution < 1.29 is 14.0 Å². The van der Waals surface area contributed by atoms with E-state index < -0.39 is 0 Å². The van der Waals surface area contributed by atoms with Gasteiger partial charge >= 0.3 is 0 Å². The van der Waals surface area contributed by atoms with Crippen molar-refractivity contribution in [2.24, 2.45) is 0 Å². The van der Waals surface area contributed by atoms with Crippen LogP contribution in [0.3, 0.4) is 0 Å². The van der Waals surface area contributed by atoms with Crippen molar-refractivity contribution in [3.63, 3.8) is 0 Å². The predicted octanol–water partition coefficient (Wildman–Crippen LogP) is 2.49. The standard InChI is InChI=1S/C14H13BrN2O3S/c15-12-6-5-10(20-12)14(19)17-8-7-16-13(18)9-3-1-2-4-11(9)21/h1-6,21H,7-8H2,(H,16,18)(H,17,19). The lowest BCUT2D eigenvalue weighted by Gasteiger charge is -2.07. The van der Waals surface area contributed by atoms with Crippen LogP contribution in [0.2, 0.25) is 0 Å². The molecule has 110 valence electrons. The molecular formula is C14H13BrN2O3S. The van der Waals surface area contributed by atoms with Crippen molar-refractivity contribution in [3.05, 3.63) is 52.4 Å². The minimum absolute atomic E-state index is 0.217. The van der Waals surface area contributed by atoms with Gasteiger partial charge < -0.3 is 15.1 Å². The first-order valence-corrected chi connectivity index (χ1v) is 7.41. The van der Waals surface area contributed by atoms with Crippen LogP contribution in [0.25, 0.3) is 0 Å². The molecule has 0 bridgehead atoms. The Kier molecular flexibility index (Phi) is 5.46. The molecule has 2 aromatic rings. The Morgan fingerprint density at radius 3 is 2.33 bits per heavy atom. The summed E-state index contributed by atoms with van der Waals surface area (Å²) in [5, 5.41) is 5.36. The summed E-state index contributed by atoms with van der Waals surface area (Å²) in [6.07, 6.45) is 0. The SMILES string of the molecule is O=C(NCCNC(=O)c1ccccc1S)c1ccc(Br)o1. The summed E-state index contributed by atoms with van der Waals surface area (Å²) in [6.45, 7) is 0.617. The molecule has 0 aliphatic rings. The molecule has 1 aromatic carbocycles. The summed E-state index contributed by atoms with van der Waals surface area (Å²) < 4.78 is 5.61. The fraction of sp³-hybridized carbons (Fsp3) is 0.143. The number of furan rings is 1. The van der Waals surface area contributed by atoms with Gasteiger partial charge in [-0.15, -0.1) is 12.6 Å². The summed E-state index contributed by atoms with van der Waals surface area (Å²) in [4.78, 5) is 24.2. The number of nitrogens with one attached hydrogen (secondary N) is 2. The summed E-state index contributed by atoms with van der Waals surface area (Å²) >= 11 is 7.34. The summed E-state index contributed by atoms with van der Waals surface area (Å²) in [5.74, 6) is -0.339. The first kappa shape index (κ1) is 15.7. The van der Waals surface area contributed by atoms with Gasteiger partial charge in [-0.05, 0) is 40.2 Å². The molecule has 5 nitrogen and oxygen atoms in total. The number of thiol groups is 1. The van der Waals surface area contributed by atoms with Crippen molar-refractivity contribution >= 4 is 40.4 Å². The summed E-state index contributed by atoms with van der Waals surface area (Å²) in [5.41, 5.74) is 0.502. The van der Waals surface area contributed by atoms with Crippen LogP contribution in [0.4, 0.5) is 0 Å². The minimum Gasteiger partial charge on any atom is -0.444 e. The minimum atomic E-state index is -0.329. The monoisotopic (exact) mass is 368 g/mol. The van der Waals surface area contributed by atoms with E-state index in [0.717, 1.165) is 0 Å². The predicted molar refractivity (Wildman–Crippen MR) is 84.8 cm³/mol. The molecule has 2 rings (SSSR count). The number of hydrogen-bond donors (Lipinski definition) is 3. The molecule has 1 aromatic heterocycles. The van der Waals surface area contributed by atoms with Crippen LogP contribution in [-0.2, 0) is 0 Å². The Hall–Kier alpha value is -1.73. The second-order valence-corrected chi connectivity index (χ2v) is 5.40. The van der Waals surface area contributed by atoms with E-state index in [0.29, 0.717) is 28.2 Å². The number of carbonyl (C=O) groups excluding carboxylic acids is 2. The van der Waals surface area contributed by atoms with Crippen molar-refractivity contribution in [2.75, 3.05) is 13.1 Å². The molecule has 21 heavy (non-hydrogen) atoms. The highest BCUT2D eigenvalue weighted by Gasteiger charge is 2.10. The van der Waals surface area contributed by atoms with Gasteiger partial charge in [-0.2, -0.15) is 0 Å². The van der Waals surface area contributed by atoms with E-state index in [-0.39, 0.29) is 17.6 Å². The number of benzene rings is 1. The van der Waals surface area contributed by atoms with Gasteiger partial charge in [-0.3, -0.25) is 9.59 Å². The van der Waals surface area contributed by atoms with Crippen molar-refractivity contribution in [3.8, 4) is 0 Å². The third-order valence-corrected chi connectivity index (χ3v) is 3.46. The van der Waals surface area contributed by atoms with Crippen LogP contribution in [0.5, 0.6) is 0 Å². The highest BCUT2D eigenvalue weighted by molar-refractivity contribution is 9.10. The third-order valence-electron chi connectivity index (χ3n) is 2.64. The summed E-state index contributed by atoms with van der Waals surface area (Å²) in [6, 6.07) is 10.2. The molecule has 0 aliphatic heterocycles. The average Bonchev–Trinajstić information content (AvgIpc) is 2.90. The van der Waals surface area contributed by atoms with Gasteiger partial charge in [-0.1, -0.05) is 12.1 Å². The average molecular weight is 369 g/mol. The first-order valence-electron chi connectivity index (χ1n) is 6.17. The maximum Gasteiger partial charge on any atom is 0.287 e. The lowest BCUT2D eigenvalue weighted by molar-refractivity contribution is 0.0909. The first-order chi connectivity index (χ1) is 10.1. The molecule has 0 fully saturated rings. The van der Waals surface area contributed by atoms with Crippen molar-refractivity contribution in [1.29, 1.82) is 0 Å². The second kappa shape index (κ2) is 7.33. The molecule has 7 heteroatoms. The smallest absolute Gasteiger partial charge is 0.287 e. The zero-order valence-electron chi connectivity index (χ0n) is 10.9. The highest BCUT2D eigenvalue weighted by Crippen LogP contribution is 2.13. The molecule has 0 aliphatic carbocycles. The van der Waals surface area contributed by atoms with E-state index >= 15 is 0 Å². The van der Waals surface area contributed by atoms with Gasteiger partial charge in [-0.25, -0.2) is 0 Å². The Balaban J connectivity index is 1.76. The molecule has 0 saturated heterocycles. The highest BCUT2D eigenvalue weighted by atomic mass is 79.9. The van der Waals surface area contributed by atoms with E-state index in [1.165, 1.54) is 0 Å². The van der Waals surface area contributed by atoms with Gasteiger partial charge in [0.1, 0.15) is 0 Å². The van der Waals surface area contributed by atoms with Crippen LogP contribution >= 0.6 is 28.6 Å². The number of amides is 2. The Bertz CT molecular complexity index is 657. The van der Waals surface area contributed by atoms with E-state index in [9.17, 15) is 9.59 Å². The topological polar surface area (TPSA) is 71.3 Å². The lowest BCUT2D eigenvalue weighted by Crippen LogP contribution is -2.34. The van der Waals surface area contributed by atoms with Gasteiger partial charge in [0.25, 0.3) is 11.8 Å². The number of carbonyl (C=O) groups is 2. The van der Waals surface area contributed by atoms with Crippen molar-refractivity contribution in [1.82, 2.24) is 10.6 Å². The number of halogens is 1. The third kappa shape index (κ3) is 4.37. The normalized spacial score (nSPS) is 10.2. The van der Waals surface area contributed by atoms with Crippen LogP contribution in [0.15, 0.2) is 50.4 Å². The zero-order chi connectivity index (χ0) is 15.2. The Labute approximate surface area is 135 Å². The fourth-order valence-electron chi connectivity index (χ4n) is 1.64. The van der Waals surface area contributed by atoms with Crippen molar-refractivity contribution in [2.45, 2.75) is 4.90 Å². The maximum absolute atomic E-state index is 11.9. The number of rotatable bonds is 5. The molecule has 0 radical (unpaired) electrons. The molecule has 1 heterocycles. The van der Waals surface area contributed by atoms with E-state index in [2.05, 4.69) is 39.2 Å².